The lowest BCUT2D eigenvalue weighted by Gasteiger charge is -2.16. The molecule has 0 unspecified atom stereocenters. The second-order valence-electron chi connectivity index (χ2n) is 9.56. The van der Waals surface area contributed by atoms with Gasteiger partial charge in [-0.25, -0.2) is 9.59 Å². The summed E-state index contributed by atoms with van der Waals surface area (Å²) >= 11 is 0. The lowest BCUT2D eigenvalue weighted by atomic mass is 10.0. The first-order chi connectivity index (χ1) is 16.6. The minimum Gasteiger partial charge on any atom is -0.462 e. The van der Waals surface area contributed by atoms with Gasteiger partial charge in [-0.05, 0) is 37.5 Å². The Morgan fingerprint density at radius 1 is 0.647 bits per heavy atom. The van der Waals surface area contributed by atoms with Crippen molar-refractivity contribution in [1.82, 2.24) is 0 Å². The number of esters is 2. The van der Waals surface area contributed by atoms with Crippen LogP contribution < -0.4 is 0 Å². The molecule has 4 heteroatoms. The van der Waals surface area contributed by atoms with Gasteiger partial charge in [-0.15, -0.1) is 0 Å². The van der Waals surface area contributed by atoms with Crippen LogP contribution in [0.1, 0.15) is 151 Å². The Morgan fingerprint density at radius 3 is 1.62 bits per heavy atom. The Kier molecular flexibility index (Phi) is 18.2. The van der Waals surface area contributed by atoms with Crippen LogP contribution in [-0.4, -0.2) is 24.6 Å². The number of carbonyl (C=O) groups is 2. The molecule has 0 bridgehead atoms. The predicted molar refractivity (Wildman–Crippen MR) is 141 cm³/mol. The van der Waals surface area contributed by atoms with E-state index in [0.29, 0.717) is 17.7 Å². The zero-order chi connectivity index (χ0) is 24.9. The number of unbranched alkanes of at least 4 members (excludes halogenated alkanes) is 12. The van der Waals surface area contributed by atoms with Crippen LogP contribution in [0.5, 0.6) is 0 Å². The highest BCUT2D eigenvalue weighted by Crippen LogP contribution is 2.15. The Morgan fingerprint density at radius 2 is 1.12 bits per heavy atom. The van der Waals surface area contributed by atoms with Gasteiger partial charge < -0.3 is 9.47 Å². The summed E-state index contributed by atoms with van der Waals surface area (Å²) in [5.74, 6) is -0.731. The number of hydrogen-bond acceptors (Lipinski definition) is 4. The highest BCUT2D eigenvalue weighted by Gasteiger charge is 2.16. The fourth-order valence-electron chi connectivity index (χ4n) is 4.27. The summed E-state index contributed by atoms with van der Waals surface area (Å²) in [5.41, 5.74) is 0.819. The summed E-state index contributed by atoms with van der Waals surface area (Å²) in [5, 5.41) is 0. The predicted octanol–water partition coefficient (Wildman–Crippen LogP) is 9.06. The molecular weight excluding hydrogens is 424 g/mol. The molecule has 0 fully saturated rings. The largest absolute Gasteiger partial charge is 0.462 e. The highest BCUT2D eigenvalue weighted by atomic mass is 16.5. The van der Waals surface area contributed by atoms with Crippen LogP contribution in [-0.2, 0) is 9.47 Å². The van der Waals surface area contributed by atoms with Gasteiger partial charge in [-0.1, -0.05) is 117 Å². The molecule has 1 aromatic carbocycles. The van der Waals surface area contributed by atoms with Gasteiger partial charge in [0, 0.05) is 0 Å². The molecule has 1 aromatic rings. The summed E-state index contributed by atoms with van der Waals surface area (Å²) in [6.45, 7) is 6.87. The Balaban J connectivity index is 2.17. The number of hydrogen-bond donors (Lipinski definition) is 0. The zero-order valence-electron chi connectivity index (χ0n) is 22.2. The maximum absolute atomic E-state index is 12.5. The third-order valence-corrected chi connectivity index (χ3v) is 6.31. The van der Waals surface area contributed by atoms with E-state index in [2.05, 4.69) is 20.8 Å². The lowest BCUT2D eigenvalue weighted by Crippen LogP contribution is -2.18. The molecule has 0 amide bonds. The van der Waals surface area contributed by atoms with Gasteiger partial charge in [0.05, 0.1) is 17.7 Å². The Labute approximate surface area is 209 Å². The van der Waals surface area contributed by atoms with E-state index in [1.54, 1.807) is 24.3 Å². The van der Waals surface area contributed by atoms with Crippen molar-refractivity contribution in [1.29, 1.82) is 0 Å². The third kappa shape index (κ3) is 14.4. The van der Waals surface area contributed by atoms with E-state index in [4.69, 9.17) is 9.47 Å². The van der Waals surface area contributed by atoms with Gasteiger partial charge in [0.1, 0.15) is 6.10 Å². The molecule has 0 aliphatic carbocycles. The van der Waals surface area contributed by atoms with E-state index in [0.717, 1.165) is 38.5 Å². The van der Waals surface area contributed by atoms with Crippen LogP contribution in [0.2, 0.25) is 0 Å². The molecule has 1 rings (SSSR count). The fourth-order valence-corrected chi connectivity index (χ4v) is 4.27. The highest BCUT2D eigenvalue weighted by molar-refractivity contribution is 5.95. The molecule has 34 heavy (non-hydrogen) atoms. The minimum atomic E-state index is -0.368. The molecule has 4 nitrogen and oxygen atoms in total. The monoisotopic (exact) mass is 474 g/mol. The van der Waals surface area contributed by atoms with Crippen LogP contribution in [0, 0.1) is 0 Å². The van der Waals surface area contributed by atoms with Crippen LogP contribution in [0.25, 0.3) is 0 Å². The van der Waals surface area contributed by atoms with E-state index >= 15 is 0 Å². The molecule has 0 aliphatic rings. The lowest BCUT2D eigenvalue weighted by molar-refractivity contribution is 0.0258. The second kappa shape index (κ2) is 20.5. The van der Waals surface area contributed by atoms with E-state index in [1.165, 1.54) is 70.6 Å². The summed E-state index contributed by atoms with van der Waals surface area (Å²) < 4.78 is 11.1. The Hall–Kier alpha value is -1.84. The van der Waals surface area contributed by atoms with Gasteiger partial charge in [-0.3, -0.25) is 0 Å². The molecule has 194 valence electrons. The van der Waals surface area contributed by atoms with E-state index in [-0.39, 0.29) is 18.0 Å². The van der Waals surface area contributed by atoms with Crippen molar-refractivity contribution in [3.05, 3.63) is 35.4 Å². The number of benzene rings is 1. The summed E-state index contributed by atoms with van der Waals surface area (Å²) in [4.78, 5) is 24.9. The van der Waals surface area contributed by atoms with Crippen molar-refractivity contribution in [3.63, 3.8) is 0 Å². The number of carbonyl (C=O) groups excluding carboxylic acids is 2. The minimum absolute atomic E-state index is 0.0614. The van der Waals surface area contributed by atoms with Crippen molar-refractivity contribution >= 4 is 11.9 Å². The maximum Gasteiger partial charge on any atom is 0.338 e. The van der Waals surface area contributed by atoms with E-state index < -0.39 is 0 Å². The van der Waals surface area contributed by atoms with E-state index in [9.17, 15) is 9.59 Å². The number of ether oxygens (including phenoxy) is 2. The van der Waals surface area contributed by atoms with Gasteiger partial charge in [0.2, 0.25) is 0 Å². The molecule has 0 radical (unpaired) electrons. The average molecular weight is 475 g/mol. The van der Waals surface area contributed by atoms with Gasteiger partial charge in [0.25, 0.3) is 0 Å². The van der Waals surface area contributed by atoms with Crippen molar-refractivity contribution < 1.29 is 19.1 Å². The second-order valence-corrected chi connectivity index (χ2v) is 9.56. The first-order valence-electron chi connectivity index (χ1n) is 14.1. The normalized spacial score (nSPS) is 11.1. The standard InChI is InChI=1S/C30H50O4/c1-4-7-8-9-10-11-12-13-14-15-16-17-18-24-33-29(31)26-22-19-23-27(25-26)30(32)34-28(20-5-2)21-6-3/h19,22-23,25,28H,4-18,20-21,24H2,1-3H3. The molecular formula is C30H50O4. The zero-order valence-corrected chi connectivity index (χ0v) is 22.2. The molecule has 0 spiro atoms. The van der Waals surface area contributed by atoms with Crippen LogP contribution >= 0.6 is 0 Å². The van der Waals surface area contributed by atoms with Crippen molar-refractivity contribution in [2.24, 2.45) is 0 Å². The SMILES string of the molecule is CCCCCCCCCCCCCCCOC(=O)c1cccc(C(=O)OC(CCC)CCC)c1. The maximum atomic E-state index is 12.5. The molecule has 0 aliphatic heterocycles. The number of rotatable bonds is 21. The van der Waals surface area contributed by atoms with Crippen molar-refractivity contribution in [3.8, 4) is 0 Å². The van der Waals surface area contributed by atoms with Crippen molar-refractivity contribution in [2.45, 2.75) is 136 Å². The van der Waals surface area contributed by atoms with Crippen LogP contribution in [0.3, 0.4) is 0 Å². The molecule has 0 aromatic heterocycles. The van der Waals surface area contributed by atoms with Gasteiger partial charge >= 0.3 is 11.9 Å². The summed E-state index contributed by atoms with van der Waals surface area (Å²) in [6.07, 6.45) is 20.4. The first kappa shape index (κ1) is 30.2. The molecule has 0 saturated heterocycles. The quantitative estimate of drug-likeness (QED) is 0.132. The van der Waals surface area contributed by atoms with Gasteiger partial charge in [-0.2, -0.15) is 0 Å². The molecule has 0 heterocycles. The molecule has 0 saturated carbocycles. The topological polar surface area (TPSA) is 52.6 Å². The van der Waals surface area contributed by atoms with Crippen molar-refractivity contribution in [2.75, 3.05) is 6.61 Å². The summed E-state index contributed by atoms with van der Waals surface area (Å²) in [7, 11) is 0. The fraction of sp³-hybridized carbons (Fsp3) is 0.733. The average Bonchev–Trinajstić information content (AvgIpc) is 2.84. The third-order valence-electron chi connectivity index (χ3n) is 6.31. The molecule has 0 atom stereocenters. The van der Waals surface area contributed by atoms with Crippen LogP contribution in [0.15, 0.2) is 24.3 Å². The smallest absolute Gasteiger partial charge is 0.338 e. The first-order valence-corrected chi connectivity index (χ1v) is 14.1. The Bertz CT molecular complexity index is 649. The summed E-state index contributed by atoms with van der Waals surface area (Å²) in [6, 6.07) is 6.69. The van der Waals surface area contributed by atoms with Gasteiger partial charge in [0.15, 0.2) is 0 Å². The van der Waals surface area contributed by atoms with Crippen LogP contribution in [0.4, 0.5) is 0 Å². The molecule has 0 N–H and O–H groups in total. The van der Waals surface area contributed by atoms with E-state index in [1.807, 2.05) is 0 Å².